The SMILES string of the molecule is CC/C=C\C/C=C\C/C=C\C/C=C\C/C=C\CCCC(=O)OC(COC(=O)CCCCCCC/C=C\CCCC)COC1OC(COC2OC(CO)C(O)C(O)C2O)C(O)C(O)C1O. The van der Waals surface area contributed by atoms with E-state index in [9.17, 15) is 45.3 Å². The van der Waals surface area contributed by atoms with Gasteiger partial charge in [-0.05, 0) is 70.6 Å². The van der Waals surface area contributed by atoms with Gasteiger partial charge >= 0.3 is 11.9 Å². The minimum atomic E-state index is -1.78. The number of aliphatic hydroxyl groups excluding tert-OH is 7. The van der Waals surface area contributed by atoms with Crippen molar-refractivity contribution in [1.82, 2.24) is 0 Å². The fourth-order valence-corrected chi connectivity index (χ4v) is 6.76. The van der Waals surface area contributed by atoms with Crippen LogP contribution in [0.2, 0.25) is 0 Å². The molecule has 11 unspecified atom stereocenters. The van der Waals surface area contributed by atoms with Crippen molar-refractivity contribution in [3.8, 4) is 0 Å². The van der Waals surface area contributed by atoms with Crippen LogP contribution >= 0.6 is 0 Å². The molecule has 2 fully saturated rings. The third kappa shape index (κ3) is 24.5. The monoisotopic (exact) mass is 909 g/mol. The summed E-state index contributed by atoms with van der Waals surface area (Å²) in [7, 11) is 0. The first kappa shape index (κ1) is 57.1. The molecule has 2 saturated heterocycles. The molecule has 11 atom stereocenters. The summed E-state index contributed by atoms with van der Waals surface area (Å²) in [4.78, 5) is 25.6. The van der Waals surface area contributed by atoms with E-state index in [4.69, 9.17) is 28.4 Å². The van der Waals surface area contributed by atoms with Gasteiger partial charge in [0.25, 0.3) is 0 Å². The summed E-state index contributed by atoms with van der Waals surface area (Å²) in [5.41, 5.74) is 0. The molecular formula is C49H80O15. The second-order valence-electron chi connectivity index (χ2n) is 16.2. The molecule has 7 N–H and O–H groups in total. The molecule has 366 valence electrons. The first-order valence-corrected chi connectivity index (χ1v) is 23.5. The minimum Gasteiger partial charge on any atom is -0.462 e. The summed E-state index contributed by atoms with van der Waals surface area (Å²) in [5, 5.41) is 71.9. The molecule has 64 heavy (non-hydrogen) atoms. The Morgan fingerprint density at radius 2 is 1.00 bits per heavy atom. The molecular weight excluding hydrogens is 829 g/mol. The van der Waals surface area contributed by atoms with Crippen LogP contribution in [-0.2, 0) is 38.0 Å². The van der Waals surface area contributed by atoms with Crippen LogP contribution in [0.25, 0.3) is 0 Å². The summed E-state index contributed by atoms with van der Waals surface area (Å²) in [6, 6.07) is 0. The Morgan fingerprint density at radius 1 is 0.516 bits per heavy atom. The summed E-state index contributed by atoms with van der Waals surface area (Å²) < 4.78 is 33.4. The van der Waals surface area contributed by atoms with Crippen LogP contribution in [0.15, 0.2) is 72.9 Å². The molecule has 2 rings (SSSR count). The molecule has 0 aromatic rings. The van der Waals surface area contributed by atoms with Crippen LogP contribution in [0.3, 0.4) is 0 Å². The molecule has 2 aliphatic rings. The Kier molecular flexibility index (Phi) is 32.2. The topological polar surface area (TPSA) is 231 Å². The maximum Gasteiger partial charge on any atom is 0.306 e. The molecule has 2 heterocycles. The molecule has 0 aliphatic carbocycles. The van der Waals surface area contributed by atoms with Gasteiger partial charge in [0, 0.05) is 12.8 Å². The Labute approximate surface area is 381 Å². The van der Waals surface area contributed by atoms with Crippen molar-refractivity contribution in [2.75, 3.05) is 26.4 Å². The molecule has 2 aliphatic heterocycles. The maximum absolute atomic E-state index is 12.9. The van der Waals surface area contributed by atoms with Crippen molar-refractivity contribution in [2.24, 2.45) is 0 Å². The van der Waals surface area contributed by atoms with Gasteiger partial charge in [-0.25, -0.2) is 0 Å². The van der Waals surface area contributed by atoms with Crippen LogP contribution in [0.5, 0.6) is 0 Å². The Hall–Kier alpha value is -3.06. The van der Waals surface area contributed by atoms with Gasteiger partial charge in [-0.2, -0.15) is 0 Å². The number of rotatable bonds is 34. The largest absolute Gasteiger partial charge is 0.462 e. The van der Waals surface area contributed by atoms with Crippen molar-refractivity contribution in [1.29, 1.82) is 0 Å². The smallest absolute Gasteiger partial charge is 0.306 e. The lowest BCUT2D eigenvalue weighted by Gasteiger charge is -2.42. The zero-order valence-corrected chi connectivity index (χ0v) is 38.2. The van der Waals surface area contributed by atoms with Crippen molar-refractivity contribution >= 4 is 11.9 Å². The van der Waals surface area contributed by atoms with Gasteiger partial charge in [-0.1, -0.05) is 119 Å². The zero-order valence-electron chi connectivity index (χ0n) is 38.2. The molecule has 0 radical (unpaired) electrons. The number of carbonyl (C=O) groups is 2. The molecule has 0 aromatic carbocycles. The number of unbranched alkanes of at least 4 members (excludes halogenated alkanes) is 8. The van der Waals surface area contributed by atoms with E-state index in [1.165, 1.54) is 12.8 Å². The third-order valence-electron chi connectivity index (χ3n) is 10.7. The van der Waals surface area contributed by atoms with Gasteiger partial charge in [0.1, 0.15) is 55.4 Å². The first-order valence-electron chi connectivity index (χ1n) is 23.5. The summed E-state index contributed by atoms with van der Waals surface area (Å²) in [5.74, 6) is -1.01. The number of hydrogen-bond donors (Lipinski definition) is 7. The highest BCUT2D eigenvalue weighted by Gasteiger charge is 2.47. The number of hydrogen-bond acceptors (Lipinski definition) is 15. The molecule has 15 nitrogen and oxygen atoms in total. The van der Waals surface area contributed by atoms with Crippen LogP contribution in [-0.4, -0.2) is 142 Å². The molecule has 0 saturated carbocycles. The van der Waals surface area contributed by atoms with Crippen molar-refractivity contribution < 1.29 is 73.8 Å². The van der Waals surface area contributed by atoms with Gasteiger partial charge in [0.2, 0.25) is 0 Å². The Morgan fingerprint density at radius 3 is 1.61 bits per heavy atom. The average Bonchev–Trinajstić information content (AvgIpc) is 3.29. The predicted molar refractivity (Wildman–Crippen MR) is 242 cm³/mol. The van der Waals surface area contributed by atoms with E-state index in [0.29, 0.717) is 19.3 Å². The van der Waals surface area contributed by atoms with Gasteiger partial charge in [-0.15, -0.1) is 0 Å². The van der Waals surface area contributed by atoms with E-state index in [1.54, 1.807) is 0 Å². The Bertz CT molecular complexity index is 1390. The lowest BCUT2D eigenvalue weighted by Crippen LogP contribution is -2.61. The average molecular weight is 909 g/mol. The third-order valence-corrected chi connectivity index (χ3v) is 10.7. The lowest BCUT2D eigenvalue weighted by molar-refractivity contribution is -0.332. The summed E-state index contributed by atoms with van der Waals surface area (Å²) in [6.45, 7) is 2.33. The Balaban J connectivity index is 1.88. The first-order chi connectivity index (χ1) is 31.0. The summed E-state index contributed by atoms with van der Waals surface area (Å²) in [6.07, 6.45) is 23.8. The number of esters is 2. The number of aliphatic hydroxyl groups is 7. The van der Waals surface area contributed by atoms with E-state index in [-0.39, 0.29) is 19.4 Å². The van der Waals surface area contributed by atoms with E-state index >= 15 is 0 Å². The maximum atomic E-state index is 12.9. The molecule has 0 spiro atoms. The van der Waals surface area contributed by atoms with Gasteiger partial charge < -0.3 is 64.2 Å². The highest BCUT2D eigenvalue weighted by molar-refractivity contribution is 5.70. The van der Waals surface area contributed by atoms with Crippen molar-refractivity contribution in [3.63, 3.8) is 0 Å². The van der Waals surface area contributed by atoms with Crippen molar-refractivity contribution in [3.05, 3.63) is 72.9 Å². The normalized spacial score (nSPS) is 27.3. The highest BCUT2D eigenvalue weighted by Crippen LogP contribution is 2.26. The molecule has 0 bridgehead atoms. The fourth-order valence-electron chi connectivity index (χ4n) is 6.76. The predicted octanol–water partition coefficient (Wildman–Crippen LogP) is 5.48. The lowest BCUT2D eigenvalue weighted by atomic mass is 9.98. The van der Waals surface area contributed by atoms with E-state index in [1.807, 2.05) is 12.2 Å². The van der Waals surface area contributed by atoms with E-state index < -0.39 is 99.3 Å². The van der Waals surface area contributed by atoms with E-state index in [0.717, 1.165) is 70.6 Å². The number of carbonyl (C=O) groups excluding carboxylic acids is 2. The van der Waals surface area contributed by atoms with Crippen LogP contribution in [0.1, 0.15) is 129 Å². The minimum absolute atomic E-state index is 0.0815. The number of ether oxygens (including phenoxy) is 6. The highest BCUT2D eigenvalue weighted by atomic mass is 16.7. The molecule has 0 amide bonds. The van der Waals surface area contributed by atoms with Gasteiger partial charge in [0.05, 0.1) is 19.8 Å². The van der Waals surface area contributed by atoms with Crippen LogP contribution in [0, 0.1) is 0 Å². The van der Waals surface area contributed by atoms with Gasteiger partial charge in [-0.3, -0.25) is 9.59 Å². The van der Waals surface area contributed by atoms with Gasteiger partial charge in [0.15, 0.2) is 18.7 Å². The molecule has 15 heteroatoms. The zero-order chi connectivity index (χ0) is 46.8. The van der Waals surface area contributed by atoms with Crippen LogP contribution in [0.4, 0.5) is 0 Å². The van der Waals surface area contributed by atoms with E-state index in [2.05, 4.69) is 74.6 Å². The van der Waals surface area contributed by atoms with Crippen molar-refractivity contribution in [2.45, 2.75) is 197 Å². The quantitative estimate of drug-likeness (QED) is 0.0241. The number of allylic oxidation sites excluding steroid dienone is 12. The fraction of sp³-hybridized carbons (Fsp3) is 0.714. The second-order valence-corrected chi connectivity index (χ2v) is 16.2. The standard InChI is InChI=1S/C49H80O15/c1-3-5-7-9-11-13-15-16-17-18-19-20-22-24-26-28-30-32-41(52)62-37(34-59-40(51)31-29-27-25-23-21-14-12-10-8-6-4-2)35-60-48-47(58)45(56)43(54)39(64-48)36-61-49-46(57)44(55)42(53)38(33-50)63-49/h5,7,10-13,16-17,19-20,24,26,37-39,42-50,53-58H,3-4,6,8-9,14-15,18,21-23,25,27-36H2,1-2H3/b7-5-,12-10-,13-11-,17-16-,20-19-,26-24-. The van der Waals surface area contributed by atoms with Crippen LogP contribution < -0.4 is 0 Å². The summed E-state index contributed by atoms with van der Waals surface area (Å²) >= 11 is 0. The molecule has 0 aromatic heterocycles. The second kappa shape index (κ2) is 36.1.